The lowest BCUT2D eigenvalue weighted by Gasteiger charge is -2.38. The summed E-state index contributed by atoms with van der Waals surface area (Å²) in [6.07, 6.45) is 21.5. The molecule has 2 fully saturated rings. The molecule has 3 rings (SSSR count). The maximum Gasteiger partial charge on any atom is 0.387 e. The van der Waals surface area contributed by atoms with Crippen molar-refractivity contribution in [2.75, 3.05) is 0 Å². The van der Waals surface area contributed by atoms with E-state index in [0.717, 1.165) is 36.2 Å². The molecule has 0 N–H and O–H groups in total. The third kappa shape index (κ3) is 7.99. The number of alkyl halides is 2. The van der Waals surface area contributed by atoms with Gasteiger partial charge in [-0.1, -0.05) is 77.2 Å². The molecular weight excluding hydrogens is 409 g/mol. The minimum atomic E-state index is -2.99. The molecule has 0 aromatic heterocycles. The highest BCUT2D eigenvalue weighted by molar-refractivity contribution is 5.31. The molecule has 1 nitrogen and oxygen atoms in total. The Morgan fingerprint density at radius 2 is 1.41 bits per heavy atom. The van der Waals surface area contributed by atoms with E-state index in [-0.39, 0.29) is 5.75 Å². The molecule has 2 aliphatic rings. The van der Waals surface area contributed by atoms with Gasteiger partial charge in [0.15, 0.2) is 11.6 Å². The van der Waals surface area contributed by atoms with Crippen LogP contribution in [0.1, 0.15) is 121 Å². The van der Waals surface area contributed by atoms with E-state index in [1.807, 2.05) is 0 Å². The Labute approximate surface area is 193 Å². The molecule has 2 saturated carbocycles. The fraction of sp³-hybridized carbons (Fsp3) is 0.786. The van der Waals surface area contributed by atoms with Gasteiger partial charge in [0.1, 0.15) is 0 Å². The molecule has 0 saturated heterocycles. The number of unbranched alkanes of at least 4 members (excludes halogenated alkanes) is 6. The fourth-order valence-corrected chi connectivity index (χ4v) is 6.22. The molecule has 0 atom stereocenters. The summed E-state index contributed by atoms with van der Waals surface area (Å²) in [5.41, 5.74) is 0.931. The Morgan fingerprint density at radius 3 is 2.00 bits per heavy atom. The van der Waals surface area contributed by atoms with Crippen LogP contribution in [0.15, 0.2) is 18.2 Å². The van der Waals surface area contributed by atoms with E-state index in [4.69, 9.17) is 0 Å². The van der Waals surface area contributed by atoms with Gasteiger partial charge in [0.2, 0.25) is 0 Å². The quantitative estimate of drug-likeness (QED) is 0.287. The van der Waals surface area contributed by atoms with Crippen LogP contribution in [0.4, 0.5) is 13.2 Å². The zero-order chi connectivity index (χ0) is 22.8. The highest BCUT2D eigenvalue weighted by Gasteiger charge is 2.31. The number of hydrogen-bond acceptors (Lipinski definition) is 1. The number of hydrogen-bond donors (Lipinski definition) is 0. The minimum Gasteiger partial charge on any atom is -0.432 e. The molecule has 1 aromatic carbocycles. The van der Waals surface area contributed by atoms with Gasteiger partial charge in [-0.25, -0.2) is 4.39 Å². The Balaban J connectivity index is 1.33. The van der Waals surface area contributed by atoms with E-state index in [9.17, 15) is 13.2 Å². The molecule has 0 spiro atoms. The lowest BCUT2D eigenvalue weighted by molar-refractivity contribution is -0.0522. The predicted molar refractivity (Wildman–Crippen MR) is 126 cm³/mol. The lowest BCUT2D eigenvalue weighted by atomic mass is 9.68. The van der Waals surface area contributed by atoms with Crippen molar-refractivity contribution in [3.8, 4) is 5.75 Å². The molecular formula is C28H43F3O. The van der Waals surface area contributed by atoms with Crippen molar-refractivity contribution < 1.29 is 17.9 Å². The summed E-state index contributed by atoms with van der Waals surface area (Å²) in [6, 6.07) is 4.52. The molecule has 32 heavy (non-hydrogen) atoms. The normalized spacial score (nSPS) is 26.4. The third-order valence-electron chi connectivity index (χ3n) is 8.19. The van der Waals surface area contributed by atoms with Crippen LogP contribution in [-0.2, 0) is 0 Å². The number of halogens is 3. The molecule has 4 heteroatoms. The maximum atomic E-state index is 14.1. The minimum absolute atomic E-state index is 0.343. The molecule has 1 aromatic rings. The van der Waals surface area contributed by atoms with Crippen LogP contribution >= 0.6 is 0 Å². The first-order chi connectivity index (χ1) is 15.6. The average molecular weight is 453 g/mol. The van der Waals surface area contributed by atoms with Gasteiger partial charge >= 0.3 is 6.61 Å². The van der Waals surface area contributed by atoms with E-state index in [2.05, 4.69) is 11.7 Å². The van der Waals surface area contributed by atoms with Gasteiger partial charge in [0.25, 0.3) is 0 Å². The van der Waals surface area contributed by atoms with Crippen molar-refractivity contribution in [1.29, 1.82) is 0 Å². The van der Waals surface area contributed by atoms with Gasteiger partial charge in [-0.15, -0.1) is 0 Å². The van der Waals surface area contributed by atoms with Crippen LogP contribution in [0.3, 0.4) is 0 Å². The smallest absolute Gasteiger partial charge is 0.387 e. The van der Waals surface area contributed by atoms with Gasteiger partial charge in [-0.2, -0.15) is 8.78 Å². The van der Waals surface area contributed by atoms with Crippen LogP contribution < -0.4 is 4.74 Å². The van der Waals surface area contributed by atoms with Crippen LogP contribution in [0.25, 0.3) is 0 Å². The summed E-state index contributed by atoms with van der Waals surface area (Å²) in [4.78, 5) is 0. The Bertz CT molecular complexity index is 646. The standard InChI is InChI=1S/C28H43F3O/c1-2-3-4-5-6-7-8-9-21-10-12-22(13-11-21)23-14-16-24(17-15-23)25-18-19-27(26(29)20-25)32-28(30)31/h18-24,28H,2-17H2,1H3/t21-,22-,23-,24-. The van der Waals surface area contributed by atoms with Crippen molar-refractivity contribution in [2.45, 2.75) is 122 Å². The van der Waals surface area contributed by atoms with E-state index in [0.29, 0.717) is 5.92 Å². The van der Waals surface area contributed by atoms with Gasteiger partial charge in [0.05, 0.1) is 0 Å². The summed E-state index contributed by atoms with van der Waals surface area (Å²) < 4.78 is 43.0. The average Bonchev–Trinajstić information content (AvgIpc) is 2.80. The zero-order valence-corrected chi connectivity index (χ0v) is 20.0. The monoisotopic (exact) mass is 452 g/mol. The van der Waals surface area contributed by atoms with Crippen LogP contribution in [0.5, 0.6) is 5.75 Å². The number of rotatable bonds is 12. The first-order valence-electron chi connectivity index (χ1n) is 13.3. The summed E-state index contributed by atoms with van der Waals surface area (Å²) in [5.74, 6) is 1.96. The predicted octanol–water partition coefficient (Wildman–Crippen LogP) is 9.65. The van der Waals surface area contributed by atoms with E-state index < -0.39 is 12.4 Å². The molecule has 0 bridgehead atoms. The highest BCUT2D eigenvalue weighted by atomic mass is 19.3. The lowest BCUT2D eigenvalue weighted by Crippen LogP contribution is -2.25. The topological polar surface area (TPSA) is 9.23 Å². The van der Waals surface area contributed by atoms with Crippen LogP contribution in [0, 0.1) is 23.6 Å². The summed E-state index contributed by atoms with van der Waals surface area (Å²) in [5, 5.41) is 0. The first-order valence-corrected chi connectivity index (χ1v) is 13.3. The Kier molecular flexibility index (Phi) is 10.7. The van der Waals surface area contributed by atoms with Crippen LogP contribution in [0.2, 0.25) is 0 Å². The van der Waals surface area contributed by atoms with Gasteiger partial charge < -0.3 is 4.74 Å². The second-order valence-electron chi connectivity index (χ2n) is 10.4. The van der Waals surface area contributed by atoms with Crippen molar-refractivity contribution in [3.63, 3.8) is 0 Å². The number of ether oxygens (including phenoxy) is 1. The molecule has 182 valence electrons. The molecule has 0 amide bonds. The zero-order valence-electron chi connectivity index (χ0n) is 20.0. The maximum absolute atomic E-state index is 14.1. The van der Waals surface area contributed by atoms with Crippen molar-refractivity contribution in [1.82, 2.24) is 0 Å². The Morgan fingerprint density at radius 1 is 0.812 bits per heavy atom. The summed E-state index contributed by atoms with van der Waals surface area (Å²) >= 11 is 0. The van der Waals surface area contributed by atoms with Gasteiger partial charge in [-0.05, 0) is 79.9 Å². The molecule has 0 radical (unpaired) electrons. The molecule has 0 aliphatic heterocycles. The van der Waals surface area contributed by atoms with Crippen molar-refractivity contribution in [3.05, 3.63) is 29.6 Å². The highest BCUT2D eigenvalue weighted by Crippen LogP contribution is 2.45. The molecule has 0 unspecified atom stereocenters. The summed E-state index contributed by atoms with van der Waals surface area (Å²) in [6.45, 7) is -0.713. The fourth-order valence-electron chi connectivity index (χ4n) is 6.22. The van der Waals surface area contributed by atoms with Crippen molar-refractivity contribution >= 4 is 0 Å². The second kappa shape index (κ2) is 13.5. The van der Waals surface area contributed by atoms with E-state index in [1.165, 1.54) is 102 Å². The SMILES string of the molecule is CCCCCCCCC[C@H]1CC[C@H]([C@H]2CC[C@H](c3ccc(OC(F)F)c(F)c3)CC2)CC1. The van der Waals surface area contributed by atoms with Crippen molar-refractivity contribution in [2.24, 2.45) is 17.8 Å². The van der Waals surface area contributed by atoms with E-state index in [1.54, 1.807) is 6.07 Å². The largest absolute Gasteiger partial charge is 0.432 e. The van der Waals surface area contributed by atoms with Gasteiger partial charge in [-0.3, -0.25) is 0 Å². The molecule has 0 heterocycles. The Hall–Kier alpha value is -1.19. The van der Waals surface area contributed by atoms with Gasteiger partial charge in [0, 0.05) is 0 Å². The second-order valence-corrected chi connectivity index (χ2v) is 10.4. The van der Waals surface area contributed by atoms with E-state index >= 15 is 0 Å². The first kappa shape index (κ1) is 25.4. The van der Waals surface area contributed by atoms with Crippen LogP contribution in [-0.4, -0.2) is 6.61 Å². The molecule has 2 aliphatic carbocycles. The number of benzene rings is 1. The third-order valence-corrected chi connectivity index (χ3v) is 8.19. The summed E-state index contributed by atoms with van der Waals surface area (Å²) in [7, 11) is 0.